The van der Waals surface area contributed by atoms with Crippen molar-refractivity contribution in [2.24, 2.45) is 0 Å². The number of hydrogen-bond acceptors (Lipinski definition) is 5. The van der Waals surface area contributed by atoms with Gasteiger partial charge in [-0.15, -0.1) is 0 Å². The highest BCUT2D eigenvalue weighted by Gasteiger charge is 2.50. The van der Waals surface area contributed by atoms with Gasteiger partial charge in [-0.2, -0.15) is 0 Å². The number of hydrogen-bond donors (Lipinski definition) is 2. The first-order valence-corrected chi connectivity index (χ1v) is 9.50. The largest absolute Gasteiger partial charge is 0.497 e. The van der Waals surface area contributed by atoms with Crippen LogP contribution in [0.25, 0.3) is 0 Å². The molecular weight excluding hydrogens is 442 g/mol. The summed E-state index contributed by atoms with van der Waals surface area (Å²) >= 11 is 3.41. The average Bonchev–Trinajstić information content (AvgIpc) is 2.91. The number of benzene rings is 2. The summed E-state index contributed by atoms with van der Waals surface area (Å²) in [6.07, 6.45) is 0. The van der Waals surface area contributed by atoms with Gasteiger partial charge in [0.15, 0.2) is 0 Å². The maximum absolute atomic E-state index is 13.0. The second kappa shape index (κ2) is 8.12. The third-order valence-electron chi connectivity index (χ3n) is 4.62. The minimum Gasteiger partial charge on any atom is -0.497 e. The lowest BCUT2D eigenvalue weighted by Gasteiger charge is -2.23. The third kappa shape index (κ3) is 4.04. The number of carbonyl (C=O) groups excluding carboxylic acids is 3. The zero-order valence-corrected chi connectivity index (χ0v) is 17.7. The molecule has 29 heavy (non-hydrogen) atoms. The lowest BCUT2D eigenvalue weighted by atomic mass is 9.92. The molecule has 2 aromatic rings. The zero-order valence-electron chi connectivity index (χ0n) is 16.1. The summed E-state index contributed by atoms with van der Waals surface area (Å²) < 4.78 is 11.0. The molecule has 0 unspecified atom stereocenters. The number of nitrogens with zero attached hydrogens (tertiary/aromatic N) is 1. The maximum atomic E-state index is 13.0. The van der Waals surface area contributed by atoms with Crippen LogP contribution in [-0.2, 0) is 15.1 Å². The molecule has 0 spiro atoms. The molecule has 1 aliphatic heterocycles. The Hall–Kier alpha value is -3.07. The Kier molecular flexibility index (Phi) is 5.78. The molecule has 9 heteroatoms. The molecule has 1 saturated heterocycles. The Bertz CT molecular complexity index is 958. The van der Waals surface area contributed by atoms with E-state index in [0.717, 1.165) is 4.90 Å². The highest BCUT2D eigenvalue weighted by Crippen LogP contribution is 2.33. The van der Waals surface area contributed by atoms with Crippen molar-refractivity contribution in [2.45, 2.75) is 12.5 Å². The number of carbonyl (C=O) groups is 3. The van der Waals surface area contributed by atoms with Crippen molar-refractivity contribution in [1.29, 1.82) is 0 Å². The van der Waals surface area contributed by atoms with Crippen LogP contribution in [0.15, 0.2) is 46.9 Å². The van der Waals surface area contributed by atoms with Crippen LogP contribution >= 0.6 is 15.9 Å². The van der Waals surface area contributed by atoms with Crippen LogP contribution in [-0.4, -0.2) is 43.5 Å². The molecule has 8 nitrogen and oxygen atoms in total. The second-order valence-corrected chi connectivity index (χ2v) is 7.43. The van der Waals surface area contributed by atoms with Gasteiger partial charge in [0.2, 0.25) is 5.91 Å². The van der Waals surface area contributed by atoms with Crippen LogP contribution in [0.3, 0.4) is 0 Å². The van der Waals surface area contributed by atoms with Gasteiger partial charge in [-0.3, -0.25) is 14.5 Å². The summed E-state index contributed by atoms with van der Waals surface area (Å²) in [5.41, 5.74) is -0.234. The van der Waals surface area contributed by atoms with E-state index in [-0.39, 0.29) is 0 Å². The van der Waals surface area contributed by atoms with Crippen LogP contribution in [0.2, 0.25) is 0 Å². The first-order valence-electron chi connectivity index (χ1n) is 8.70. The number of rotatable bonds is 6. The highest BCUT2D eigenvalue weighted by molar-refractivity contribution is 9.10. The van der Waals surface area contributed by atoms with Crippen LogP contribution in [0.1, 0.15) is 12.5 Å². The molecular formula is C20H20BrN3O5. The van der Waals surface area contributed by atoms with Gasteiger partial charge in [0.05, 0.1) is 14.2 Å². The van der Waals surface area contributed by atoms with Gasteiger partial charge in [-0.25, -0.2) is 4.79 Å². The number of anilines is 1. The summed E-state index contributed by atoms with van der Waals surface area (Å²) in [4.78, 5) is 38.8. The fourth-order valence-corrected chi connectivity index (χ4v) is 3.79. The van der Waals surface area contributed by atoms with Crippen LogP contribution in [0, 0.1) is 0 Å². The minimum atomic E-state index is -1.27. The molecule has 1 fully saturated rings. The van der Waals surface area contributed by atoms with E-state index < -0.39 is 29.9 Å². The zero-order chi connectivity index (χ0) is 21.2. The molecule has 1 atom stereocenters. The van der Waals surface area contributed by atoms with Gasteiger partial charge in [-0.05, 0) is 13.0 Å². The predicted molar refractivity (Wildman–Crippen MR) is 110 cm³/mol. The van der Waals surface area contributed by atoms with Gasteiger partial charge >= 0.3 is 6.03 Å². The molecule has 1 aliphatic rings. The molecule has 0 saturated carbocycles. The Morgan fingerprint density at radius 1 is 1.14 bits per heavy atom. The summed E-state index contributed by atoms with van der Waals surface area (Å²) in [7, 11) is 2.99. The van der Waals surface area contributed by atoms with Crippen LogP contribution < -0.4 is 20.1 Å². The van der Waals surface area contributed by atoms with Gasteiger partial charge in [0, 0.05) is 33.9 Å². The van der Waals surface area contributed by atoms with Gasteiger partial charge < -0.3 is 20.1 Å². The van der Waals surface area contributed by atoms with E-state index in [1.54, 1.807) is 43.3 Å². The molecule has 0 aromatic heterocycles. The first kappa shape index (κ1) is 20.7. The van der Waals surface area contributed by atoms with Crippen molar-refractivity contribution < 1.29 is 23.9 Å². The molecule has 4 amide bonds. The van der Waals surface area contributed by atoms with Crippen molar-refractivity contribution in [2.75, 3.05) is 26.1 Å². The number of ether oxygens (including phenoxy) is 2. The fourth-order valence-electron chi connectivity index (χ4n) is 3.11. The summed E-state index contributed by atoms with van der Waals surface area (Å²) in [5, 5.41) is 5.34. The molecule has 3 rings (SSSR count). The number of halogens is 1. The van der Waals surface area contributed by atoms with Gasteiger partial charge in [0.1, 0.15) is 23.6 Å². The number of imide groups is 1. The molecule has 0 aliphatic carbocycles. The predicted octanol–water partition coefficient (Wildman–Crippen LogP) is 2.87. The van der Waals surface area contributed by atoms with Crippen LogP contribution in [0.5, 0.6) is 11.5 Å². The smallest absolute Gasteiger partial charge is 0.325 e. The van der Waals surface area contributed by atoms with E-state index in [9.17, 15) is 14.4 Å². The number of urea groups is 1. The molecule has 2 aromatic carbocycles. The minimum absolute atomic E-state index is 0.423. The molecule has 152 valence electrons. The normalized spacial score (nSPS) is 18.4. The standard InChI is InChI=1S/C20H20BrN3O5/c1-20(15-6-4-5-7-16(15)21)18(26)24(19(27)23-20)11-17(25)22-12-8-13(28-2)10-14(9-12)29-3/h4-10H,11H2,1-3H3,(H,22,25)(H,23,27)/t20-/m0/s1. The van der Waals surface area contributed by atoms with E-state index in [1.807, 2.05) is 6.07 Å². The van der Waals surface area contributed by atoms with E-state index in [4.69, 9.17) is 9.47 Å². The van der Waals surface area contributed by atoms with E-state index >= 15 is 0 Å². The number of methoxy groups -OCH3 is 2. The van der Waals surface area contributed by atoms with E-state index in [1.165, 1.54) is 14.2 Å². The van der Waals surface area contributed by atoms with Crippen molar-refractivity contribution in [1.82, 2.24) is 10.2 Å². The summed E-state index contributed by atoms with van der Waals surface area (Å²) in [6, 6.07) is 11.4. The van der Waals surface area contributed by atoms with Gasteiger partial charge in [0.25, 0.3) is 5.91 Å². The first-order chi connectivity index (χ1) is 13.8. The number of amides is 4. The van der Waals surface area contributed by atoms with E-state index in [2.05, 4.69) is 26.6 Å². The van der Waals surface area contributed by atoms with Crippen molar-refractivity contribution in [3.05, 3.63) is 52.5 Å². The molecule has 0 radical (unpaired) electrons. The molecule has 1 heterocycles. The van der Waals surface area contributed by atoms with Crippen LogP contribution in [0.4, 0.5) is 10.5 Å². The quantitative estimate of drug-likeness (QED) is 0.644. The number of nitrogens with one attached hydrogen (secondary N) is 2. The summed E-state index contributed by atoms with van der Waals surface area (Å²) in [5.74, 6) is -0.0414. The lowest BCUT2D eigenvalue weighted by Crippen LogP contribution is -2.42. The van der Waals surface area contributed by atoms with Crippen molar-refractivity contribution in [3.63, 3.8) is 0 Å². The average molecular weight is 462 g/mol. The van der Waals surface area contributed by atoms with Crippen molar-refractivity contribution >= 4 is 39.5 Å². The Labute approximate surface area is 176 Å². The molecule has 0 bridgehead atoms. The second-order valence-electron chi connectivity index (χ2n) is 6.58. The van der Waals surface area contributed by atoms with Crippen molar-refractivity contribution in [3.8, 4) is 11.5 Å². The summed E-state index contributed by atoms with van der Waals surface area (Å²) in [6.45, 7) is 1.18. The monoisotopic (exact) mass is 461 g/mol. The topological polar surface area (TPSA) is 97.0 Å². The maximum Gasteiger partial charge on any atom is 0.325 e. The SMILES string of the molecule is COc1cc(NC(=O)CN2C(=O)N[C@@](C)(c3ccccc3Br)C2=O)cc(OC)c1. The van der Waals surface area contributed by atoms with E-state index in [0.29, 0.717) is 27.2 Å². The van der Waals surface area contributed by atoms with Gasteiger partial charge in [-0.1, -0.05) is 34.1 Å². The Balaban J connectivity index is 1.77. The molecule has 2 N–H and O–H groups in total. The fraction of sp³-hybridized carbons (Fsp3) is 0.250. The highest BCUT2D eigenvalue weighted by atomic mass is 79.9. The Morgan fingerprint density at radius 2 is 1.76 bits per heavy atom. The lowest BCUT2D eigenvalue weighted by molar-refractivity contribution is -0.133. The third-order valence-corrected chi connectivity index (χ3v) is 5.32. The Morgan fingerprint density at radius 3 is 2.34 bits per heavy atom.